The van der Waals surface area contributed by atoms with E-state index >= 15 is 0 Å². The van der Waals surface area contributed by atoms with Crippen LogP contribution in [0, 0.1) is 0 Å². The molecule has 7 nitrogen and oxygen atoms in total. The van der Waals surface area contributed by atoms with Crippen LogP contribution in [0.1, 0.15) is 16.8 Å². The van der Waals surface area contributed by atoms with Crippen LogP contribution in [0.3, 0.4) is 0 Å². The van der Waals surface area contributed by atoms with Crippen LogP contribution in [0.4, 0.5) is 0 Å². The molecule has 2 N–H and O–H groups in total. The van der Waals surface area contributed by atoms with Crippen molar-refractivity contribution in [3.05, 3.63) is 23.8 Å². The van der Waals surface area contributed by atoms with E-state index in [9.17, 15) is 9.59 Å². The Bertz CT molecular complexity index is 516. The average molecular weight is 295 g/mol. The molecular formula is C14H17NO6. The number of carboxylic acid groups (broad SMARTS) is 1. The van der Waals surface area contributed by atoms with Crippen LogP contribution in [0.2, 0.25) is 0 Å². The SMILES string of the molecule is O=C(O)COCCNC(=O)c1ccc2c(c1)OCCCO2. The molecule has 0 atom stereocenters. The first-order valence-electron chi connectivity index (χ1n) is 6.64. The lowest BCUT2D eigenvalue weighted by atomic mass is 10.2. The predicted molar refractivity (Wildman–Crippen MR) is 72.8 cm³/mol. The Morgan fingerprint density at radius 2 is 2.00 bits per heavy atom. The normalized spacial score (nSPS) is 13.3. The maximum absolute atomic E-state index is 11.9. The molecule has 114 valence electrons. The van der Waals surface area contributed by atoms with E-state index in [1.807, 2.05) is 0 Å². The van der Waals surface area contributed by atoms with Gasteiger partial charge in [-0.3, -0.25) is 4.79 Å². The highest BCUT2D eigenvalue weighted by Crippen LogP contribution is 2.30. The summed E-state index contributed by atoms with van der Waals surface area (Å²) >= 11 is 0. The zero-order valence-electron chi connectivity index (χ0n) is 11.5. The van der Waals surface area contributed by atoms with E-state index in [2.05, 4.69) is 5.32 Å². The molecule has 1 aromatic carbocycles. The quantitative estimate of drug-likeness (QED) is 0.749. The van der Waals surface area contributed by atoms with Crippen LogP contribution in [-0.2, 0) is 9.53 Å². The van der Waals surface area contributed by atoms with E-state index in [1.54, 1.807) is 18.2 Å². The third kappa shape index (κ3) is 4.64. The molecule has 7 heteroatoms. The minimum absolute atomic E-state index is 0.141. The molecule has 0 saturated heterocycles. The van der Waals surface area contributed by atoms with E-state index in [1.165, 1.54) is 0 Å². The number of hydrogen-bond acceptors (Lipinski definition) is 5. The second kappa shape index (κ2) is 7.49. The molecule has 0 aromatic heterocycles. The van der Waals surface area contributed by atoms with Gasteiger partial charge >= 0.3 is 5.97 Å². The number of carbonyl (C=O) groups excluding carboxylic acids is 1. The van der Waals surface area contributed by atoms with Crippen LogP contribution >= 0.6 is 0 Å². The molecule has 21 heavy (non-hydrogen) atoms. The molecule has 0 saturated carbocycles. The molecular weight excluding hydrogens is 278 g/mol. The fourth-order valence-corrected chi connectivity index (χ4v) is 1.80. The van der Waals surface area contributed by atoms with Gasteiger partial charge in [-0.05, 0) is 18.2 Å². The molecule has 0 bridgehead atoms. The first-order valence-corrected chi connectivity index (χ1v) is 6.64. The summed E-state index contributed by atoms with van der Waals surface area (Å²) in [6, 6.07) is 4.99. The van der Waals surface area contributed by atoms with Crippen molar-refractivity contribution in [2.45, 2.75) is 6.42 Å². The zero-order chi connectivity index (χ0) is 15.1. The largest absolute Gasteiger partial charge is 0.490 e. The molecule has 0 aliphatic carbocycles. The van der Waals surface area contributed by atoms with E-state index in [4.69, 9.17) is 19.3 Å². The molecule has 0 spiro atoms. The van der Waals surface area contributed by atoms with Crippen molar-refractivity contribution in [2.75, 3.05) is 33.0 Å². The number of fused-ring (bicyclic) bond motifs is 1. The molecule has 0 unspecified atom stereocenters. The Hall–Kier alpha value is -2.28. The van der Waals surface area contributed by atoms with Crippen molar-refractivity contribution >= 4 is 11.9 Å². The van der Waals surface area contributed by atoms with Gasteiger partial charge in [0.25, 0.3) is 5.91 Å². The third-order valence-electron chi connectivity index (χ3n) is 2.77. The number of nitrogens with one attached hydrogen (secondary N) is 1. The number of aliphatic carboxylic acids is 1. The Kier molecular flexibility index (Phi) is 5.39. The van der Waals surface area contributed by atoms with Crippen molar-refractivity contribution in [1.82, 2.24) is 5.32 Å². The number of hydrogen-bond donors (Lipinski definition) is 2. The van der Waals surface area contributed by atoms with Crippen LogP contribution in [0.25, 0.3) is 0 Å². The van der Waals surface area contributed by atoms with Gasteiger partial charge in [0.15, 0.2) is 11.5 Å². The first-order chi connectivity index (χ1) is 10.2. The molecule has 0 radical (unpaired) electrons. The van der Waals surface area contributed by atoms with Gasteiger partial charge < -0.3 is 24.6 Å². The highest BCUT2D eigenvalue weighted by molar-refractivity contribution is 5.94. The van der Waals surface area contributed by atoms with E-state index in [-0.39, 0.29) is 25.7 Å². The van der Waals surface area contributed by atoms with Gasteiger partial charge in [-0.1, -0.05) is 0 Å². The highest BCUT2D eigenvalue weighted by atomic mass is 16.5. The van der Waals surface area contributed by atoms with Gasteiger partial charge in [0.05, 0.1) is 19.8 Å². The maximum Gasteiger partial charge on any atom is 0.329 e. The van der Waals surface area contributed by atoms with Gasteiger partial charge in [0, 0.05) is 18.5 Å². The van der Waals surface area contributed by atoms with Crippen LogP contribution < -0.4 is 14.8 Å². The number of amides is 1. The number of rotatable bonds is 6. The zero-order valence-corrected chi connectivity index (χ0v) is 11.5. The molecule has 1 aliphatic rings. The smallest absolute Gasteiger partial charge is 0.329 e. The Morgan fingerprint density at radius 1 is 1.24 bits per heavy atom. The van der Waals surface area contributed by atoms with Gasteiger partial charge in [0.1, 0.15) is 6.61 Å². The van der Waals surface area contributed by atoms with Crippen molar-refractivity contribution in [3.63, 3.8) is 0 Å². The minimum Gasteiger partial charge on any atom is -0.490 e. The molecule has 1 aliphatic heterocycles. The summed E-state index contributed by atoms with van der Waals surface area (Å²) in [5.74, 6) is -0.120. The van der Waals surface area contributed by atoms with Crippen LogP contribution in [0.5, 0.6) is 11.5 Å². The van der Waals surface area contributed by atoms with Gasteiger partial charge in [-0.25, -0.2) is 4.79 Å². The number of ether oxygens (including phenoxy) is 3. The summed E-state index contributed by atoms with van der Waals surface area (Å²) in [6.07, 6.45) is 0.803. The number of benzene rings is 1. The average Bonchev–Trinajstić information content (AvgIpc) is 2.70. The highest BCUT2D eigenvalue weighted by Gasteiger charge is 2.13. The monoisotopic (exact) mass is 295 g/mol. The summed E-state index contributed by atoms with van der Waals surface area (Å²) in [5, 5.41) is 11.0. The number of carbonyl (C=O) groups is 2. The topological polar surface area (TPSA) is 94.1 Å². The van der Waals surface area contributed by atoms with Crippen molar-refractivity contribution in [3.8, 4) is 11.5 Å². The van der Waals surface area contributed by atoms with E-state index in [0.29, 0.717) is 30.3 Å². The Labute approximate surface area is 121 Å². The summed E-state index contributed by atoms with van der Waals surface area (Å²) in [5.41, 5.74) is 0.456. The molecule has 1 aromatic rings. The molecule has 0 fully saturated rings. The Balaban J connectivity index is 1.85. The standard InChI is InChI=1S/C14H17NO6/c16-13(17)9-19-7-4-15-14(18)10-2-3-11-12(8-10)21-6-1-5-20-11/h2-3,8H,1,4-7,9H2,(H,15,18)(H,16,17). The van der Waals surface area contributed by atoms with Gasteiger partial charge in [-0.2, -0.15) is 0 Å². The Morgan fingerprint density at radius 3 is 2.76 bits per heavy atom. The second-order valence-electron chi connectivity index (χ2n) is 4.41. The van der Waals surface area contributed by atoms with Gasteiger partial charge in [0.2, 0.25) is 0 Å². The second-order valence-corrected chi connectivity index (χ2v) is 4.41. The number of carboxylic acids is 1. The first kappa shape index (κ1) is 15.1. The van der Waals surface area contributed by atoms with E-state index in [0.717, 1.165) is 6.42 Å². The van der Waals surface area contributed by atoms with Crippen molar-refractivity contribution in [2.24, 2.45) is 0 Å². The molecule has 1 amide bonds. The lowest BCUT2D eigenvalue weighted by Gasteiger charge is -2.09. The fraction of sp³-hybridized carbons (Fsp3) is 0.429. The van der Waals surface area contributed by atoms with E-state index < -0.39 is 5.97 Å². The van der Waals surface area contributed by atoms with Crippen LogP contribution in [-0.4, -0.2) is 50.0 Å². The predicted octanol–water partition coefficient (Wildman–Crippen LogP) is 0.679. The van der Waals surface area contributed by atoms with Crippen LogP contribution in [0.15, 0.2) is 18.2 Å². The summed E-state index contributed by atoms with van der Waals surface area (Å²) in [4.78, 5) is 22.2. The third-order valence-corrected chi connectivity index (χ3v) is 2.77. The van der Waals surface area contributed by atoms with Gasteiger partial charge in [-0.15, -0.1) is 0 Å². The minimum atomic E-state index is -1.04. The lowest BCUT2D eigenvalue weighted by molar-refractivity contribution is -0.142. The summed E-state index contributed by atoms with van der Waals surface area (Å²) in [6.45, 7) is 1.16. The maximum atomic E-state index is 11.9. The summed E-state index contributed by atoms with van der Waals surface area (Å²) in [7, 11) is 0. The van der Waals surface area contributed by atoms with Crippen molar-refractivity contribution < 1.29 is 28.9 Å². The molecule has 2 rings (SSSR count). The molecule has 1 heterocycles. The summed E-state index contributed by atoms with van der Waals surface area (Å²) < 4.78 is 15.8. The van der Waals surface area contributed by atoms with Crippen molar-refractivity contribution in [1.29, 1.82) is 0 Å². The lowest BCUT2D eigenvalue weighted by Crippen LogP contribution is -2.27. The fourth-order valence-electron chi connectivity index (χ4n) is 1.80.